The lowest BCUT2D eigenvalue weighted by atomic mass is 9.78. The second-order valence-corrected chi connectivity index (χ2v) is 8.84. The summed E-state index contributed by atoms with van der Waals surface area (Å²) in [4.78, 5) is 36.0. The van der Waals surface area contributed by atoms with Crippen LogP contribution in [0.1, 0.15) is 27.7 Å². The number of ketones is 2. The van der Waals surface area contributed by atoms with E-state index in [0.717, 1.165) is 5.57 Å². The molecule has 4 rings (SSSR count). The van der Waals surface area contributed by atoms with Crippen molar-refractivity contribution in [2.24, 2.45) is 11.8 Å². The molecule has 9 heteroatoms. The molecule has 4 fully saturated rings. The number of Topliss-reactive ketones (excluding diaryl/α,β-unsaturated/α-hetero) is 2. The number of ether oxygens (including phenoxy) is 3. The third-order valence-corrected chi connectivity index (χ3v) is 6.67. The molecular formula is C22H27NO8. The third-order valence-electron chi connectivity index (χ3n) is 6.67. The van der Waals surface area contributed by atoms with Crippen LogP contribution in [-0.2, 0) is 28.6 Å². The van der Waals surface area contributed by atoms with Gasteiger partial charge < -0.3 is 29.7 Å². The first-order chi connectivity index (χ1) is 14.5. The summed E-state index contributed by atoms with van der Waals surface area (Å²) >= 11 is 0. The van der Waals surface area contributed by atoms with E-state index in [0.29, 0.717) is 0 Å². The predicted octanol–water partition coefficient (Wildman–Crippen LogP) is 0.485. The maximum absolute atomic E-state index is 12.7. The van der Waals surface area contributed by atoms with Crippen LogP contribution >= 0.6 is 0 Å². The highest BCUT2D eigenvalue weighted by Gasteiger charge is 2.78. The predicted molar refractivity (Wildman–Crippen MR) is 107 cm³/mol. The molecule has 0 aromatic rings. The number of allylic oxidation sites excluding steroid dienone is 3. The first kappa shape index (κ1) is 21.9. The van der Waals surface area contributed by atoms with Gasteiger partial charge in [-0.2, -0.15) is 0 Å². The summed E-state index contributed by atoms with van der Waals surface area (Å²) in [7, 11) is 0. The van der Waals surface area contributed by atoms with Gasteiger partial charge in [-0.25, -0.2) is 0 Å². The average Bonchev–Trinajstić information content (AvgIpc) is 3.40. The van der Waals surface area contributed by atoms with Gasteiger partial charge in [0.1, 0.15) is 17.4 Å². The molecule has 1 amide bonds. The molecule has 0 radical (unpaired) electrons. The lowest BCUT2D eigenvalue weighted by molar-refractivity contribution is -0.355. The van der Waals surface area contributed by atoms with E-state index in [1.54, 1.807) is 13.0 Å². The van der Waals surface area contributed by atoms with E-state index in [2.05, 4.69) is 5.32 Å². The van der Waals surface area contributed by atoms with Crippen LogP contribution in [0.4, 0.5) is 0 Å². The highest BCUT2D eigenvalue weighted by Crippen LogP contribution is 2.57. The monoisotopic (exact) mass is 433 g/mol. The van der Waals surface area contributed by atoms with Crippen LogP contribution < -0.4 is 5.32 Å². The summed E-state index contributed by atoms with van der Waals surface area (Å²) in [6.07, 6.45) is 3.07. The van der Waals surface area contributed by atoms with E-state index in [-0.39, 0.29) is 48.2 Å². The number of fused-ring (bicyclic) bond motifs is 4. The van der Waals surface area contributed by atoms with Crippen LogP contribution in [-0.4, -0.2) is 70.5 Å². The zero-order chi connectivity index (χ0) is 22.7. The SMILES string of the molecule is CC(/C=C/C(O)=C1\C(=O)CNC1=O)=C\C(C)C1OC2(C)OC(C(=O)C3OC32CO)C1C. The van der Waals surface area contributed by atoms with Crippen LogP contribution in [0.25, 0.3) is 0 Å². The van der Waals surface area contributed by atoms with Crippen LogP contribution in [0.3, 0.4) is 0 Å². The molecule has 0 aromatic carbocycles. The Balaban J connectivity index is 1.53. The molecule has 4 saturated heterocycles. The fraction of sp³-hybridized carbons (Fsp3) is 0.591. The van der Waals surface area contributed by atoms with Gasteiger partial charge in [0.2, 0.25) is 5.79 Å². The topological polar surface area (TPSA) is 135 Å². The molecule has 7 atom stereocenters. The minimum atomic E-state index is -1.23. The fourth-order valence-corrected chi connectivity index (χ4v) is 4.82. The number of aliphatic hydroxyl groups is 2. The number of rotatable bonds is 5. The summed E-state index contributed by atoms with van der Waals surface area (Å²) in [6.45, 7) is 6.84. The Bertz CT molecular complexity index is 918. The van der Waals surface area contributed by atoms with E-state index in [1.807, 2.05) is 26.8 Å². The second kappa shape index (κ2) is 7.37. The van der Waals surface area contributed by atoms with Crippen molar-refractivity contribution in [2.45, 2.75) is 57.4 Å². The van der Waals surface area contributed by atoms with Crippen LogP contribution in [0.15, 0.2) is 35.1 Å². The van der Waals surface area contributed by atoms with Crippen LogP contribution in [0.2, 0.25) is 0 Å². The lowest BCUT2D eigenvalue weighted by Crippen LogP contribution is -2.67. The van der Waals surface area contributed by atoms with Gasteiger partial charge in [0, 0.05) is 11.8 Å². The smallest absolute Gasteiger partial charge is 0.259 e. The van der Waals surface area contributed by atoms with Gasteiger partial charge in [0.25, 0.3) is 5.91 Å². The van der Waals surface area contributed by atoms with E-state index in [1.165, 1.54) is 6.08 Å². The summed E-state index contributed by atoms with van der Waals surface area (Å²) in [5, 5.41) is 22.3. The van der Waals surface area contributed by atoms with Crippen molar-refractivity contribution in [2.75, 3.05) is 13.2 Å². The van der Waals surface area contributed by atoms with Gasteiger partial charge in [-0.3, -0.25) is 14.4 Å². The van der Waals surface area contributed by atoms with E-state index >= 15 is 0 Å². The first-order valence-corrected chi connectivity index (χ1v) is 10.3. The average molecular weight is 433 g/mol. The van der Waals surface area contributed by atoms with E-state index < -0.39 is 35.3 Å². The van der Waals surface area contributed by atoms with Gasteiger partial charge in [-0.05, 0) is 19.9 Å². The van der Waals surface area contributed by atoms with Crippen LogP contribution in [0.5, 0.6) is 0 Å². The Kier molecular flexibility index (Phi) is 5.20. The van der Waals surface area contributed by atoms with Crippen molar-refractivity contribution in [1.29, 1.82) is 0 Å². The zero-order valence-corrected chi connectivity index (χ0v) is 17.9. The Morgan fingerprint density at radius 2 is 1.97 bits per heavy atom. The molecule has 0 aromatic heterocycles. The Hall–Kier alpha value is -2.33. The number of epoxide rings is 1. The maximum atomic E-state index is 12.7. The minimum Gasteiger partial charge on any atom is -0.507 e. The van der Waals surface area contributed by atoms with E-state index in [4.69, 9.17) is 14.2 Å². The van der Waals surface area contributed by atoms with Gasteiger partial charge >= 0.3 is 0 Å². The molecule has 7 unspecified atom stereocenters. The fourth-order valence-electron chi connectivity index (χ4n) is 4.82. The number of carbonyl (C=O) groups is 3. The Labute approximate surface area is 179 Å². The molecule has 0 spiro atoms. The zero-order valence-electron chi connectivity index (χ0n) is 17.9. The molecule has 4 heterocycles. The third kappa shape index (κ3) is 3.27. The highest BCUT2D eigenvalue weighted by molar-refractivity contribution is 6.25. The summed E-state index contributed by atoms with van der Waals surface area (Å²) in [5.74, 6) is -3.20. The molecule has 0 saturated carbocycles. The van der Waals surface area contributed by atoms with E-state index in [9.17, 15) is 24.6 Å². The first-order valence-electron chi connectivity index (χ1n) is 10.3. The largest absolute Gasteiger partial charge is 0.507 e. The summed E-state index contributed by atoms with van der Waals surface area (Å²) in [6, 6.07) is 0. The number of amides is 1. The van der Waals surface area contributed by atoms with Gasteiger partial charge in [-0.1, -0.05) is 31.6 Å². The lowest BCUT2D eigenvalue weighted by Gasteiger charge is -2.51. The van der Waals surface area contributed by atoms with Gasteiger partial charge in [0.05, 0.1) is 19.3 Å². The normalized spacial score (nSPS) is 42.5. The molecule has 9 nitrogen and oxygen atoms in total. The molecule has 31 heavy (non-hydrogen) atoms. The number of hydrogen-bond acceptors (Lipinski definition) is 8. The number of aliphatic hydroxyl groups excluding tert-OH is 2. The molecule has 4 aliphatic rings. The minimum absolute atomic E-state index is 0.116. The summed E-state index contributed by atoms with van der Waals surface area (Å²) < 4.78 is 17.8. The Morgan fingerprint density at radius 1 is 1.26 bits per heavy atom. The quantitative estimate of drug-likeness (QED) is 0.187. The molecule has 3 N–H and O–H groups in total. The molecule has 0 aliphatic carbocycles. The summed E-state index contributed by atoms with van der Waals surface area (Å²) in [5.41, 5.74) is -0.637. The number of carbonyl (C=O) groups excluding carboxylic acids is 3. The van der Waals surface area contributed by atoms with Crippen molar-refractivity contribution in [1.82, 2.24) is 5.32 Å². The van der Waals surface area contributed by atoms with Crippen molar-refractivity contribution in [3.63, 3.8) is 0 Å². The maximum Gasteiger partial charge on any atom is 0.259 e. The van der Waals surface area contributed by atoms with Crippen molar-refractivity contribution in [3.05, 3.63) is 35.1 Å². The number of hydrogen-bond donors (Lipinski definition) is 3. The van der Waals surface area contributed by atoms with Crippen LogP contribution in [0, 0.1) is 11.8 Å². The van der Waals surface area contributed by atoms with Gasteiger partial charge in [0.15, 0.2) is 23.3 Å². The standard InChI is InChI=1S/C22H27NO8/c1-10(5-6-13(25)15-14(26)8-23-20(15)28)7-11(2)17-12(3)18-16(27)19-22(9-24,31-19)21(4,29-17)30-18/h5-7,11-12,17-19,24-25H,8-9H2,1-4H3,(H,23,28)/b6-5+,10-7+,15-13-. The van der Waals surface area contributed by atoms with Crippen molar-refractivity contribution >= 4 is 17.5 Å². The second-order valence-electron chi connectivity index (χ2n) is 8.84. The Morgan fingerprint density at radius 3 is 2.58 bits per heavy atom. The van der Waals surface area contributed by atoms with Crippen molar-refractivity contribution < 1.29 is 38.8 Å². The number of nitrogens with one attached hydrogen (secondary N) is 1. The molecule has 2 bridgehead atoms. The van der Waals surface area contributed by atoms with Gasteiger partial charge in [-0.15, -0.1) is 0 Å². The van der Waals surface area contributed by atoms with Crippen molar-refractivity contribution in [3.8, 4) is 0 Å². The molecular weight excluding hydrogens is 406 g/mol. The molecule has 4 aliphatic heterocycles. The highest BCUT2D eigenvalue weighted by atomic mass is 16.8. The molecule has 168 valence electrons.